The van der Waals surface area contributed by atoms with Crippen molar-refractivity contribution in [3.63, 3.8) is 0 Å². The third-order valence-corrected chi connectivity index (χ3v) is 5.04. The molecule has 0 aliphatic heterocycles. The summed E-state index contributed by atoms with van der Waals surface area (Å²) < 4.78 is 8.85. The molecular formula is C22H29ClN6O6. The molecule has 0 unspecified atom stereocenters. The number of nitrogen functional groups attached to an aromatic ring is 1. The number of halogens is 1. The van der Waals surface area contributed by atoms with E-state index < -0.39 is 17.2 Å². The molecule has 0 atom stereocenters. The van der Waals surface area contributed by atoms with Crippen LogP contribution in [0.5, 0.6) is 0 Å². The second-order valence-electron chi connectivity index (χ2n) is 7.51. The van der Waals surface area contributed by atoms with E-state index in [9.17, 15) is 14.4 Å². The molecule has 4 N–H and O–H groups in total. The maximum Gasteiger partial charge on any atom is 0.332 e. The molecule has 0 aliphatic rings. The van der Waals surface area contributed by atoms with Gasteiger partial charge in [-0.05, 0) is 12.8 Å². The van der Waals surface area contributed by atoms with Crippen molar-refractivity contribution < 1.29 is 19.4 Å². The minimum Gasteiger partial charge on any atom is -0.481 e. The van der Waals surface area contributed by atoms with Gasteiger partial charge in [0.1, 0.15) is 17.3 Å². The van der Waals surface area contributed by atoms with Crippen molar-refractivity contribution in [3.8, 4) is 11.4 Å². The summed E-state index contributed by atoms with van der Waals surface area (Å²) in [5.74, 6) is -0.671. The fraction of sp³-hybridized carbons (Fsp3) is 0.364. The Balaban J connectivity index is 0.00000114. The van der Waals surface area contributed by atoms with E-state index in [1.807, 2.05) is 0 Å². The zero-order valence-electron chi connectivity index (χ0n) is 19.9. The van der Waals surface area contributed by atoms with Crippen molar-refractivity contribution in [2.45, 2.75) is 32.7 Å². The number of methoxy groups -OCH3 is 1. The molecule has 0 saturated carbocycles. The first-order valence-electron chi connectivity index (χ1n) is 10.4. The Morgan fingerprint density at radius 1 is 1.11 bits per heavy atom. The van der Waals surface area contributed by atoms with Crippen LogP contribution in [-0.2, 0) is 35.0 Å². The molecule has 35 heavy (non-hydrogen) atoms. The highest BCUT2D eigenvalue weighted by Crippen LogP contribution is 2.21. The number of amidine groups is 1. The van der Waals surface area contributed by atoms with E-state index in [-0.39, 0.29) is 42.7 Å². The number of rotatable bonds is 7. The van der Waals surface area contributed by atoms with Gasteiger partial charge >= 0.3 is 11.7 Å². The van der Waals surface area contributed by atoms with E-state index in [1.165, 1.54) is 11.7 Å². The number of fused-ring (bicyclic) bond motifs is 1. The topological polar surface area (TPSA) is 175 Å². The van der Waals surface area contributed by atoms with Gasteiger partial charge in [0.15, 0.2) is 5.52 Å². The molecule has 0 fully saturated rings. The van der Waals surface area contributed by atoms with E-state index in [0.29, 0.717) is 29.9 Å². The van der Waals surface area contributed by atoms with Crippen LogP contribution in [0.4, 0.5) is 0 Å². The minimum atomic E-state index is -0.833. The fourth-order valence-electron chi connectivity index (χ4n) is 3.40. The highest BCUT2D eigenvalue weighted by Gasteiger charge is 2.19. The van der Waals surface area contributed by atoms with Crippen LogP contribution in [0.2, 0.25) is 0 Å². The monoisotopic (exact) mass is 508 g/mol. The standard InChI is InChI=1S/C20H24N6O4.C2H4O2.ClH/c1-24-17(13-9-7-12(8-10-13)16(21)22)23-15-18(24)25(2)20(29)26(19(15)28)11-5-4-6-14(27)30-3;1-2(3)4;/h7-10H,4-6,11H2,1-3H3,(H3,21,22);1H3,(H,3,4);1H. The van der Waals surface area contributed by atoms with Crippen LogP contribution in [0.1, 0.15) is 31.7 Å². The molecule has 3 aromatic rings. The summed E-state index contributed by atoms with van der Waals surface area (Å²) in [5.41, 5.74) is 6.52. The number of nitrogens with one attached hydrogen (secondary N) is 1. The van der Waals surface area contributed by atoms with Crippen molar-refractivity contribution in [3.05, 3.63) is 50.7 Å². The van der Waals surface area contributed by atoms with Crippen LogP contribution in [0.3, 0.4) is 0 Å². The van der Waals surface area contributed by atoms with Gasteiger partial charge in [-0.1, -0.05) is 24.3 Å². The Bertz CT molecular complexity index is 1340. The number of esters is 1. The van der Waals surface area contributed by atoms with Crippen molar-refractivity contribution in [1.29, 1.82) is 5.41 Å². The third-order valence-electron chi connectivity index (χ3n) is 5.04. The second kappa shape index (κ2) is 12.5. The highest BCUT2D eigenvalue weighted by molar-refractivity contribution is 5.95. The molecular weight excluding hydrogens is 480 g/mol. The largest absolute Gasteiger partial charge is 0.481 e. The van der Waals surface area contributed by atoms with Crippen molar-refractivity contribution in [1.82, 2.24) is 18.7 Å². The molecule has 0 radical (unpaired) electrons. The lowest BCUT2D eigenvalue weighted by atomic mass is 10.1. The average molecular weight is 509 g/mol. The zero-order valence-corrected chi connectivity index (χ0v) is 20.7. The highest BCUT2D eigenvalue weighted by atomic mass is 35.5. The number of carboxylic acids is 1. The first-order valence-corrected chi connectivity index (χ1v) is 10.4. The Hall–Kier alpha value is -3.93. The lowest BCUT2D eigenvalue weighted by Crippen LogP contribution is -2.39. The molecule has 0 aliphatic carbocycles. The summed E-state index contributed by atoms with van der Waals surface area (Å²) in [6.07, 6.45) is 1.23. The van der Waals surface area contributed by atoms with Gasteiger partial charge in [-0.2, -0.15) is 0 Å². The Morgan fingerprint density at radius 2 is 1.69 bits per heavy atom. The number of benzene rings is 1. The lowest BCUT2D eigenvalue weighted by Gasteiger charge is -2.09. The molecule has 0 spiro atoms. The third kappa shape index (κ3) is 6.79. The smallest absolute Gasteiger partial charge is 0.332 e. The van der Waals surface area contributed by atoms with E-state index in [4.69, 9.17) is 21.0 Å². The number of nitrogens with zero attached hydrogens (tertiary/aromatic N) is 4. The molecule has 2 heterocycles. The summed E-state index contributed by atoms with van der Waals surface area (Å²) in [5, 5.41) is 14.9. The molecule has 3 rings (SSSR count). The van der Waals surface area contributed by atoms with Gasteiger partial charge in [0.2, 0.25) is 0 Å². The summed E-state index contributed by atoms with van der Waals surface area (Å²) in [7, 11) is 4.66. The van der Waals surface area contributed by atoms with Crippen molar-refractivity contribution >= 4 is 41.3 Å². The summed E-state index contributed by atoms with van der Waals surface area (Å²) >= 11 is 0. The van der Waals surface area contributed by atoms with E-state index in [0.717, 1.165) is 17.1 Å². The number of hydrogen-bond acceptors (Lipinski definition) is 7. The number of unbranched alkanes of at least 4 members (excludes halogenated alkanes) is 1. The van der Waals surface area contributed by atoms with Gasteiger partial charge in [-0.15, -0.1) is 12.4 Å². The predicted molar refractivity (Wildman–Crippen MR) is 133 cm³/mol. The predicted octanol–water partition coefficient (Wildman–Crippen LogP) is 1.24. The zero-order chi connectivity index (χ0) is 25.6. The van der Waals surface area contributed by atoms with Gasteiger partial charge in [0, 0.05) is 45.1 Å². The molecule has 2 aromatic heterocycles. The van der Waals surface area contributed by atoms with Crippen LogP contribution in [-0.4, -0.2) is 48.7 Å². The minimum absolute atomic E-state index is 0. The maximum absolute atomic E-state index is 13.0. The van der Waals surface area contributed by atoms with Crippen molar-refractivity contribution in [2.24, 2.45) is 19.8 Å². The first-order chi connectivity index (χ1) is 16.0. The quantitative estimate of drug-likeness (QED) is 0.185. The first kappa shape index (κ1) is 29.1. The molecule has 13 heteroatoms. The number of imidazole rings is 1. The SMILES string of the molecule is CC(=O)O.COC(=O)CCCCn1c(=O)c2nc(-c3ccc(C(=N)N)cc3)n(C)c2n(C)c1=O.Cl. The van der Waals surface area contributed by atoms with E-state index in [1.54, 1.807) is 42.9 Å². The second-order valence-corrected chi connectivity index (χ2v) is 7.51. The van der Waals surface area contributed by atoms with E-state index >= 15 is 0 Å². The summed E-state index contributed by atoms with van der Waals surface area (Å²) in [4.78, 5) is 50.5. The van der Waals surface area contributed by atoms with Crippen LogP contribution < -0.4 is 17.0 Å². The number of carbonyl (C=O) groups excluding carboxylic acids is 1. The van der Waals surface area contributed by atoms with Gasteiger partial charge in [-0.3, -0.25) is 28.9 Å². The van der Waals surface area contributed by atoms with Crippen LogP contribution in [0.15, 0.2) is 33.9 Å². The number of aryl methyl sites for hydroxylation is 2. The normalized spacial score (nSPS) is 10.2. The fourth-order valence-corrected chi connectivity index (χ4v) is 3.40. The van der Waals surface area contributed by atoms with Gasteiger partial charge < -0.3 is 20.1 Å². The number of carbonyl (C=O) groups is 2. The molecule has 1 aromatic carbocycles. The maximum atomic E-state index is 13.0. The van der Waals surface area contributed by atoms with Gasteiger partial charge in [0.25, 0.3) is 11.5 Å². The van der Waals surface area contributed by atoms with Crippen LogP contribution in [0.25, 0.3) is 22.6 Å². The molecule has 0 amide bonds. The Morgan fingerprint density at radius 3 is 2.20 bits per heavy atom. The number of hydrogen-bond donors (Lipinski definition) is 3. The number of ether oxygens (including phenoxy) is 1. The van der Waals surface area contributed by atoms with Crippen LogP contribution >= 0.6 is 12.4 Å². The number of aromatic nitrogens is 4. The lowest BCUT2D eigenvalue weighted by molar-refractivity contribution is -0.140. The summed E-state index contributed by atoms with van der Waals surface area (Å²) in [6.45, 7) is 1.28. The molecule has 0 bridgehead atoms. The molecule has 190 valence electrons. The van der Waals surface area contributed by atoms with E-state index in [2.05, 4.69) is 9.72 Å². The Kier molecular flexibility index (Phi) is 10.4. The molecule has 0 saturated heterocycles. The van der Waals surface area contributed by atoms with Crippen LogP contribution in [0, 0.1) is 5.41 Å². The van der Waals surface area contributed by atoms with Gasteiger partial charge in [0.05, 0.1) is 7.11 Å². The summed E-state index contributed by atoms with van der Waals surface area (Å²) in [6, 6.07) is 6.94. The Labute approximate surface area is 206 Å². The van der Waals surface area contributed by atoms with Gasteiger partial charge in [-0.25, -0.2) is 9.78 Å². The average Bonchev–Trinajstić information content (AvgIpc) is 3.14. The van der Waals surface area contributed by atoms with Crippen molar-refractivity contribution in [2.75, 3.05) is 7.11 Å². The number of carboxylic acid groups (broad SMARTS) is 1. The number of nitrogens with two attached hydrogens (primary N) is 1. The molecule has 12 nitrogen and oxygen atoms in total. The number of aliphatic carboxylic acids is 1.